The van der Waals surface area contributed by atoms with Gasteiger partial charge in [0.1, 0.15) is 6.34 Å². The number of hydrogen-bond donors (Lipinski definition) is 1. The van der Waals surface area contributed by atoms with E-state index in [4.69, 9.17) is 5.41 Å². The van der Waals surface area contributed by atoms with Crippen LogP contribution in [0.15, 0.2) is 11.8 Å². The van der Waals surface area contributed by atoms with Crippen molar-refractivity contribution in [2.75, 3.05) is 14.1 Å². The van der Waals surface area contributed by atoms with E-state index in [0.717, 1.165) is 5.70 Å². The highest BCUT2D eigenvalue weighted by atomic mass is 15.6. The van der Waals surface area contributed by atoms with E-state index in [1.165, 1.54) is 6.34 Å². The summed E-state index contributed by atoms with van der Waals surface area (Å²) in [6, 6.07) is 0. The lowest BCUT2D eigenvalue weighted by molar-refractivity contribution is 0.159. The Morgan fingerprint density at radius 1 is 1.40 bits per heavy atom. The summed E-state index contributed by atoms with van der Waals surface area (Å²) in [6.45, 7) is 3.92. The predicted octanol–water partition coefficient (Wildman–Crippen LogP) is 1.30. The highest BCUT2D eigenvalue weighted by Crippen LogP contribution is 2.00. The Morgan fingerprint density at radius 3 is 2.00 bits per heavy atom. The van der Waals surface area contributed by atoms with Gasteiger partial charge in [0.2, 0.25) is 0 Å². The first kappa shape index (κ1) is 9.17. The summed E-state index contributed by atoms with van der Waals surface area (Å²) in [7, 11) is 3.80. The Hall–Kier alpha value is -0.830. The molecule has 0 aliphatic carbocycles. The molecule has 0 amide bonds. The highest BCUT2D eigenvalue weighted by Gasteiger charge is 2.01. The molecule has 0 saturated carbocycles. The van der Waals surface area contributed by atoms with E-state index in [0.29, 0.717) is 0 Å². The molecule has 0 aliphatic rings. The number of nitrogens with one attached hydrogen (secondary N) is 1. The van der Waals surface area contributed by atoms with Gasteiger partial charge in [-0.05, 0) is 13.8 Å². The fourth-order valence-corrected chi connectivity index (χ4v) is 0.665. The largest absolute Gasteiger partial charge is 0.290 e. The molecule has 0 bridgehead atoms. The molecular weight excluding hydrogens is 126 g/mol. The molecule has 3 nitrogen and oxygen atoms in total. The average molecular weight is 141 g/mol. The lowest BCUT2D eigenvalue weighted by atomic mass is 10.4. The summed E-state index contributed by atoms with van der Waals surface area (Å²) in [5, 5.41) is 10.6. The molecule has 0 rings (SSSR count). The first-order valence-electron chi connectivity index (χ1n) is 3.23. The average Bonchev–Trinajstić information content (AvgIpc) is 1.88. The number of hydrogen-bond acceptors (Lipinski definition) is 2. The van der Waals surface area contributed by atoms with Crippen molar-refractivity contribution >= 4 is 6.34 Å². The third kappa shape index (κ3) is 2.19. The second-order valence-corrected chi connectivity index (χ2v) is 2.25. The van der Waals surface area contributed by atoms with E-state index < -0.39 is 0 Å². The van der Waals surface area contributed by atoms with Crippen LogP contribution in [0.25, 0.3) is 0 Å². The fourth-order valence-electron chi connectivity index (χ4n) is 0.665. The van der Waals surface area contributed by atoms with Gasteiger partial charge in [0.15, 0.2) is 0 Å². The molecule has 0 aromatic carbocycles. The van der Waals surface area contributed by atoms with Gasteiger partial charge in [0, 0.05) is 19.8 Å². The number of allylic oxidation sites excluding steroid dienone is 2. The normalized spacial score (nSPS) is 11.9. The molecule has 0 atom stereocenters. The van der Waals surface area contributed by atoms with Crippen LogP contribution in [0, 0.1) is 5.41 Å². The maximum Gasteiger partial charge on any atom is 0.101 e. The van der Waals surface area contributed by atoms with Crippen LogP contribution in [-0.4, -0.2) is 30.5 Å². The van der Waals surface area contributed by atoms with E-state index >= 15 is 0 Å². The van der Waals surface area contributed by atoms with E-state index in [2.05, 4.69) is 0 Å². The fraction of sp³-hybridized carbons (Fsp3) is 0.571. The van der Waals surface area contributed by atoms with Gasteiger partial charge in [-0.15, -0.1) is 0 Å². The molecule has 0 aromatic rings. The summed E-state index contributed by atoms with van der Waals surface area (Å²) in [4.78, 5) is 0. The maximum absolute atomic E-state index is 7.04. The Kier molecular flexibility index (Phi) is 3.72. The van der Waals surface area contributed by atoms with Crippen molar-refractivity contribution in [1.29, 1.82) is 5.41 Å². The second-order valence-electron chi connectivity index (χ2n) is 2.25. The molecule has 0 heterocycles. The molecule has 0 aromatic heterocycles. The van der Waals surface area contributed by atoms with E-state index in [-0.39, 0.29) is 0 Å². The van der Waals surface area contributed by atoms with Crippen LogP contribution in [0.4, 0.5) is 0 Å². The lowest BCUT2D eigenvalue weighted by Crippen LogP contribution is -2.33. The van der Waals surface area contributed by atoms with E-state index in [1.54, 1.807) is 5.01 Å². The Bertz CT molecular complexity index is 138. The summed E-state index contributed by atoms with van der Waals surface area (Å²) in [5.41, 5.74) is 1.06. The van der Waals surface area contributed by atoms with Crippen LogP contribution < -0.4 is 0 Å². The zero-order valence-corrected chi connectivity index (χ0v) is 7.05. The van der Waals surface area contributed by atoms with E-state index in [9.17, 15) is 0 Å². The Labute approximate surface area is 62.4 Å². The smallest absolute Gasteiger partial charge is 0.101 e. The third-order valence-electron chi connectivity index (χ3n) is 1.33. The quantitative estimate of drug-likeness (QED) is 0.365. The molecule has 58 valence electrons. The molecule has 0 fully saturated rings. The van der Waals surface area contributed by atoms with Crippen molar-refractivity contribution in [3.05, 3.63) is 11.8 Å². The van der Waals surface area contributed by atoms with Crippen molar-refractivity contribution in [3.8, 4) is 0 Å². The number of nitrogens with zero attached hydrogens (tertiary/aromatic N) is 2. The molecule has 0 saturated heterocycles. The highest BCUT2D eigenvalue weighted by molar-refractivity contribution is 5.52. The minimum Gasteiger partial charge on any atom is -0.290 e. The van der Waals surface area contributed by atoms with E-state index in [1.807, 2.05) is 39.0 Å². The topological polar surface area (TPSA) is 30.3 Å². The minimum absolute atomic E-state index is 1.06. The van der Waals surface area contributed by atoms with Crippen molar-refractivity contribution in [1.82, 2.24) is 10.0 Å². The van der Waals surface area contributed by atoms with Crippen molar-refractivity contribution in [2.45, 2.75) is 13.8 Å². The Balaban J connectivity index is 4.21. The van der Waals surface area contributed by atoms with Gasteiger partial charge in [-0.3, -0.25) is 10.4 Å². The first-order valence-corrected chi connectivity index (χ1v) is 3.23. The second kappa shape index (κ2) is 4.06. The molecule has 0 aliphatic heterocycles. The van der Waals surface area contributed by atoms with Gasteiger partial charge in [0.25, 0.3) is 0 Å². The van der Waals surface area contributed by atoms with Gasteiger partial charge in [-0.2, -0.15) is 0 Å². The van der Waals surface area contributed by atoms with Crippen LogP contribution in [0.1, 0.15) is 13.8 Å². The molecule has 0 radical (unpaired) electrons. The van der Waals surface area contributed by atoms with Gasteiger partial charge < -0.3 is 0 Å². The summed E-state index contributed by atoms with van der Waals surface area (Å²) in [5.74, 6) is 0. The molecule has 10 heavy (non-hydrogen) atoms. The van der Waals surface area contributed by atoms with Crippen LogP contribution in [-0.2, 0) is 0 Å². The third-order valence-corrected chi connectivity index (χ3v) is 1.33. The summed E-state index contributed by atoms with van der Waals surface area (Å²) < 4.78 is 0. The van der Waals surface area contributed by atoms with Crippen LogP contribution in [0.3, 0.4) is 0 Å². The Morgan fingerprint density at radius 2 is 1.90 bits per heavy atom. The molecular formula is C7H15N3. The van der Waals surface area contributed by atoms with Gasteiger partial charge in [-0.25, -0.2) is 5.01 Å². The zero-order chi connectivity index (χ0) is 8.15. The van der Waals surface area contributed by atoms with Gasteiger partial charge in [-0.1, -0.05) is 6.08 Å². The molecule has 0 spiro atoms. The predicted molar refractivity (Wildman–Crippen MR) is 43.7 cm³/mol. The first-order chi connectivity index (χ1) is 4.63. The lowest BCUT2D eigenvalue weighted by Gasteiger charge is -2.26. The molecule has 1 N–H and O–H groups in total. The number of rotatable bonds is 3. The van der Waals surface area contributed by atoms with Crippen molar-refractivity contribution < 1.29 is 0 Å². The minimum atomic E-state index is 1.06. The maximum atomic E-state index is 7.04. The summed E-state index contributed by atoms with van der Waals surface area (Å²) in [6.07, 6.45) is 3.25. The van der Waals surface area contributed by atoms with Crippen molar-refractivity contribution in [3.63, 3.8) is 0 Å². The summed E-state index contributed by atoms with van der Waals surface area (Å²) >= 11 is 0. The van der Waals surface area contributed by atoms with Gasteiger partial charge in [0.05, 0.1) is 0 Å². The SMILES string of the molecule is CC=C(C)N(C=N)N(C)C. The molecule has 0 unspecified atom stereocenters. The van der Waals surface area contributed by atoms with Gasteiger partial charge >= 0.3 is 0 Å². The zero-order valence-electron chi connectivity index (χ0n) is 7.05. The van der Waals surface area contributed by atoms with Crippen LogP contribution >= 0.6 is 0 Å². The molecule has 3 heteroatoms. The van der Waals surface area contributed by atoms with Crippen molar-refractivity contribution in [2.24, 2.45) is 0 Å². The number of hydrazine groups is 1. The van der Waals surface area contributed by atoms with Crippen LogP contribution in [0.5, 0.6) is 0 Å². The monoisotopic (exact) mass is 141 g/mol. The van der Waals surface area contributed by atoms with Crippen LogP contribution in [0.2, 0.25) is 0 Å². The standard InChI is InChI=1S/C7H15N3/c1-5-7(2)10(6-8)9(3)4/h5-6,8H,1-4H3.